The molecule has 0 N–H and O–H groups in total. The molecule has 0 saturated heterocycles. The molecule has 0 atom stereocenters. The lowest BCUT2D eigenvalue weighted by Crippen LogP contribution is -2.07. The van der Waals surface area contributed by atoms with Gasteiger partial charge >= 0.3 is 0 Å². The third-order valence-corrected chi connectivity index (χ3v) is 7.02. The summed E-state index contributed by atoms with van der Waals surface area (Å²) in [6.45, 7) is 5.39. The highest BCUT2D eigenvalue weighted by Gasteiger charge is 2.14. The molecule has 0 saturated carbocycles. The Morgan fingerprint density at radius 3 is 2.67 bits per heavy atom. The van der Waals surface area contributed by atoms with Crippen molar-refractivity contribution in [1.29, 1.82) is 0 Å². The standard InChI is InChI=1S/C22H21BrN4OS2/c1-3-27-20(12-28-18-10-8-16(23)9-11-18)25-26-22(27)30-14-17-13-29-21(24-17)19-7-5-4-6-15(19)2/h4-11,13H,3,12,14H2,1-2H3. The number of thiazole rings is 1. The van der Waals surface area contributed by atoms with Gasteiger partial charge in [0, 0.05) is 27.7 Å². The Hall–Kier alpha value is -2.16. The van der Waals surface area contributed by atoms with Crippen LogP contribution in [0, 0.1) is 6.92 Å². The minimum atomic E-state index is 0.386. The van der Waals surface area contributed by atoms with E-state index in [9.17, 15) is 0 Å². The quantitative estimate of drug-likeness (QED) is 0.263. The van der Waals surface area contributed by atoms with Crippen molar-refractivity contribution in [2.24, 2.45) is 0 Å². The van der Waals surface area contributed by atoms with Crippen LogP contribution in [-0.4, -0.2) is 19.7 Å². The molecule has 4 rings (SSSR count). The van der Waals surface area contributed by atoms with E-state index in [0.29, 0.717) is 6.61 Å². The molecule has 0 aliphatic carbocycles. The monoisotopic (exact) mass is 500 g/mol. The molecule has 4 aromatic rings. The second-order valence-electron chi connectivity index (χ2n) is 6.63. The fourth-order valence-electron chi connectivity index (χ4n) is 2.98. The normalized spacial score (nSPS) is 11.0. The predicted molar refractivity (Wildman–Crippen MR) is 126 cm³/mol. The summed E-state index contributed by atoms with van der Waals surface area (Å²) in [6, 6.07) is 16.1. The largest absolute Gasteiger partial charge is 0.486 e. The predicted octanol–water partition coefficient (Wildman–Crippen LogP) is 6.36. The van der Waals surface area contributed by atoms with Gasteiger partial charge in [-0.25, -0.2) is 4.98 Å². The third kappa shape index (κ3) is 4.94. The zero-order chi connectivity index (χ0) is 20.9. The first-order valence-corrected chi connectivity index (χ1v) is 12.2. The molecule has 8 heteroatoms. The molecule has 2 heterocycles. The van der Waals surface area contributed by atoms with Gasteiger partial charge in [-0.05, 0) is 43.7 Å². The first-order chi connectivity index (χ1) is 14.6. The second-order valence-corrected chi connectivity index (χ2v) is 9.35. The number of rotatable bonds is 8. The topological polar surface area (TPSA) is 52.8 Å². The zero-order valence-corrected chi connectivity index (χ0v) is 19.9. The molecule has 30 heavy (non-hydrogen) atoms. The summed E-state index contributed by atoms with van der Waals surface area (Å²) < 4.78 is 8.99. The van der Waals surface area contributed by atoms with E-state index in [1.54, 1.807) is 23.1 Å². The second kappa shape index (κ2) is 9.76. The summed E-state index contributed by atoms with van der Waals surface area (Å²) in [4.78, 5) is 4.81. The number of ether oxygens (including phenoxy) is 1. The first kappa shape index (κ1) is 21.1. The van der Waals surface area contributed by atoms with Gasteiger partial charge < -0.3 is 9.30 Å². The Morgan fingerprint density at radius 2 is 1.90 bits per heavy atom. The van der Waals surface area contributed by atoms with Crippen molar-refractivity contribution in [2.45, 2.75) is 37.9 Å². The molecule has 0 bridgehead atoms. The average molecular weight is 501 g/mol. The van der Waals surface area contributed by atoms with Crippen molar-refractivity contribution >= 4 is 39.0 Å². The average Bonchev–Trinajstić information content (AvgIpc) is 3.38. The van der Waals surface area contributed by atoms with E-state index in [2.05, 4.69) is 74.2 Å². The summed E-state index contributed by atoms with van der Waals surface area (Å²) in [6.07, 6.45) is 0. The maximum absolute atomic E-state index is 5.87. The summed E-state index contributed by atoms with van der Waals surface area (Å²) in [5.74, 6) is 2.39. The smallest absolute Gasteiger partial charge is 0.191 e. The highest BCUT2D eigenvalue weighted by atomic mass is 79.9. The van der Waals surface area contributed by atoms with Gasteiger partial charge in [0.2, 0.25) is 0 Å². The number of hydrogen-bond acceptors (Lipinski definition) is 6. The third-order valence-electron chi connectivity index (χ3n) is 4.57. The molecular weight excluding hydrogens is 480 g/mol. The maximum atomic E-state index is 5.87. The van der Waals surface area contributed by atoms with Crippen molar-refractivity contribution in [1.82, 2.24) is 19.7 Å². The van der Waals surface area contributed by atoms with Gasteiger partial charge in [0.05, 0.1) is 5.69 Å². The van der Waals surface area contributed by atoms with Crippen molar-refractivity contribution in [3.63, 3.8) is 0 Å². The lowest BCUT2D eigenvalue weighted by Gasteiger charge is -2.08. The van der Waals surface area contributed by atoms with Gasteiger partial charge in [-0.1, -0.05) is 52.0 Å². The molecule has 0 radical (unpaired) electrons. The van der Waals surface area contributed by atoms with E-state index in [4.69, 9.17) is 9.72 Å². The summed E-state index contributed by atoms with van der Waals surface area (Å²) in [7, 11) is 0. The van der Waals surface area contributed by atoms with Crippen LogP contribution in [0.25, 0.3) is 10.6 Å². The highest BCUT2D eigenvalue weighted by Crippen LogP contribution is 2.29. The van der Waals surface area contributed by atoms with Crippen LogP contribution in [-0.2, 0) is 18.9 Å². The number of hydrogen-bond donors (Lipinski definition) is 0. The number of benzene rings is 2. The Balaban J connectivity index is 1.40. The van der Waals surface area contributed by atoms with Gasteiger partial charge in [0.15, 0.2) is 11.0 Å². The maximum Gasteiger partial charge on any atom is 0.191 e. The summed E-state index contributed by atoms with van der Waals surface area (Å²) >= 11 is 6.77. The molecular formula is C22H21BrN4OS2. The molecule has 0 amide bonds. The summed E-state index contributed by atoms with van der Waals surface area (Å²) in [5, 5.41) is 12.8. The van der Waals surface area contributed by atoms with Gasteiger partial charge in [-0.15, -0.1) is 21.5 Å². The van der Waals surface area contributed by atoms with Gasteiger partial charge in [-0.3, -0.25) is 0 Å². The molecule has 0 aliphatic rings. The molecule has 0 spiro atoms. The van der Waals surface area contributed by atoms with E-state index in [1.807, 2.05) is 24.3 Å². The summed E-state index contributed by atoms with van der Waals surface area (Å²) in [5.41, 5.74) is 3.50. The Morgan fingerprint density at radius 1 is 1.10 bits per heavy atom. The lowest BCUT2D eigenvalue weighted by atomic mass is 10.1. The van der Waals surface area contributed by atoms with Crippen LogP contribution in [0.15, 0.2) is 63.5 Å². The van der Waals surface area contributed by atoms with Crippen molar-refractivity contribution in [3.05, 3.63) is 75.5 Å². The van der Waals surface area contributed by atoms with Crippen LogP contribution < -0.4 is 4.74 Å². The molecule has 0 aliphatic heterocycles. The van der Waals surface area contributed by atoms with Gasteiger partial charge in [0.1, 0.15) is 17.4 Å². The van der Waals surface area contributed by atoms with Crippen molar-refractivity contribution < 1.29 is 4.74 Å². The molecule has 2 aromatic carbocycles. The SMILES string of the molecule is CCn1c(COc2ccc(Br)cc2)nnc1SCc1csc(-c2ccccc2C)n1. The fraction of sp³-hybridized carbons (Fsp3) is 0.227. The number of aromatic nitrogens is 4. The van der Waals surface area contributed by atoms with E-state index in [0.717, 1.165) is 44.2 Å². The van der Waals surface area contributed by atoms with Crippen LogP contribution in [0.2, 0.25) is 0 Å². The molecule has 0 fully saturated rings. The Kier molecular flexibility index (Phi) is 6.86. The molecule has 5 nitrogen and oxygen atoms in total. The number of nitrogens with zero attached hydrogens (tertiary/aromatic N) is 4. The van der Waals surface area contributed by atoms with Crippen LogP contribution in [0.5, 0.6) is 5.75 Å². The zero-order valence-electron chi connectivity index (χ0n) is 16.7. The molecule has 2 aromatic heterocycles. The Bertz CT molecular complexity index is 1120. The number of aryl methyl sites for hydroxylation is 1. The van der Waals surface area contributed by atoms with Crippen LogP contribution >= 0.6 is 39.0 Å². The van der Waals surface area contributed by atoms with Gasteiger partial charge in [-0.2, -0.15) is 0 Å². The Labute approximate surface area is 192 Å². The van der Waals surface area contributed by atoms with Crippen LogP contribution in [0.4, 0.5) is 0 Å². The number of halogens is 1. The van der Waals surface area contributed by atoms with E-state index in [1.165, 1.54) is 11.1 Å². The first-order valence-electron chi connectivity index (χ1n) is 9.57. The molecule has 154 valence electrons. The van der Waals surface area contributed by atoms with E-state index >= 15 is 0 Å². The minimum absolute atomic E-state index is 0.386. The van der Waals surface area contributed by atoms with E-state index in [-0.39, 0.29) is 0 Å². The van der Waals surface area contributed by atoms with Crippen molar-refractivity contribution in [2.75, 3.05) is 0 Å². The number of thioether (sulfide) groups is 1. The minimum Gasteiger partial charge on any atom is -0.486 e. The fourth-order valence-corrected chi connectivity index (χ4v) is 5.17. The van der Waals surface area contributed by atoms with Crippen LogP contribution in [0.3, 0.4) is 0 Å². The lowest BCUT2D eigenvalue weighted by molar-refractivity contribution is 0.288. The van der Waals surface area contributed by atoms with Crippen LogP contribution in [0.1, 0.15) is 24.0 Å². The molecule has 0 unspecified atom stereocenters. The highest BCUT2D eigenvalue weighted by molar-refractivity contribution is 9.10. The van der Waals surface area contributed by atoms with Crippen molar-refractivity contribution in [3.8, 4) is 16.3 Å². The van der Waals surface area contributed by atoms with E-state index < -0.39 is 0 Å². The van der Waals surface area contributed by atoms with Gasteiger partial charge in [0.25, 0.3) is 0 Å².